The van der Waals surface area contributed by atoms with Gasteiger partial charge in [-0.15, -0.1) is 0 Å². The number of aromatic nitrogens is 2. The summed E-state index contributed by atoms with van der Waals surface area (Å²) < 4.78 is 7.54. The highest BCUT2D eigenvalue weighted by atomic mass is 35.5. The largest absolute Gasteiger partial charge is 0.492 e. The third kappa shape index (κ3) is 4.56. The van der Waals surface area contributed by atoms with E-state index in [1.165, 1.54) is 11.1 Å². The molecule has 3 rings (SSSR count). The first kappa shape index (κ1) is 19.6. The van der Waals surface area contributed by atoms with Crippen molar-refractivity contribution in [3.05, 3.63) is 57.9 Å². The van der Waals surface area contributed by atoms with Gasteiger partial charge in [0.15, 0.2) is 0 Å². The molecule has 1 aromatic heterocycles. The van der Waals surface area contributed by atoms with Crippen LogP contribution in [0.2, 0.25) is 5.02 Å². The Bertz CT molecular complexity index is 934. The quantitative estimate of drug-likeness (QED) is 0.482. The second-order valence-corrected chi connectivity index (χ2v) is 7.36. The van der Waals surface area contributed by atoms with Crippen LogP contribution >= 0.6 is 11.6 Å². The molecule has 0 fully saturated rings. The van der Waals surface area contributed by atoms with Gasteiger partial charge in [0.05, 0.1) is 17.1 Å². The zero-order chi connectivity index (χ0) is 19.4. The number of hydrogen-bond donors (Lipinski definition) is 0. The number of hydrogen-bond acceptors (Lipinski definition) is 3. The van der Waals surface area contributed by atoms with Crippen LogP contribution in [0.5, 0.6) is 5.75 Å². The number of unbranched alkanes of at least 4 members (excludes halogenated alkanes) is 1. The van der Waals surface area contributed by atoms with E-state index in [0.717, 1.165) is 47.4 Å². The summed E-state index contributed by atoms with van der Waals surface area (Å²) in [5, 5.41) is 0.652. The van der Waals surface area contributed by atoms with Crippen molar-refractivity contribution in [2.75, 3.05) is 13.2 Å². The zero-order valence-electron chi connectivity index (χ0n) is 16.5. The Kier molecular flexibility index (Phi) is 6.27. The van der Waals surface area contributed by atoms with Gasteiger partial charge in [-0.3, -0.25) is 0 Å². The molecule has 0 saturated heterocycles. The maximum atomic E-state index is 6.34. The fraction of sp³-hybridized carbons (Fsp3) is 0.409. The summed E-state index contributed by atoms with van der Waals surface area (Å²) in [5.74, 6) is 1.61. The van der Waals surface area contributed by atoms with Gasteiger partial charge in [-0.05, 0) is 62.1 Å². The van der Waals surface area contributed by atoms with E-state index in [1.54, 1.807) is 0 Å². The van der Waals surface area contributed by atoms with E-state index >= 15 is 0 Å². The smallest absolute Gasteiger partial charge is 0.143 e. The van der Waals surface area contributed by atoms with Crippen molar-refractivity contribution in [3.63, 3.8) is 0 Å². The lowest BCUT2D eigenvalue weighted by Crippen LogP contribution is -2.16. The number of rotatable bonds is 8. The molecule has 0 saturated carbocycles. The highest BCUT2D eigenvalue weighted by Crippen LogP contribution is 2.26. The van der Waals surface area contributed by atoms with Crippen molar-refractivity contribution in [1.82, 2.24) is 9.71 Å². The Hall–Kier alpha value is -2.20. The minimum absolute atomic E-state index is 0.547. The van der Waals surface area contributed by atoms with Crippen LogP contribution < -0.4 is 9.57 Å². The van der Waals surface area contributed by atoms with E-state index in [2.05, 4.69) is 37.9 Å². The maximum Gasteiger partial charge on any atom is 0.143 e. The summed E-state index contributed by atoms with van der Waals surface area (Å²) in [4.78, 5) is 10.7. The van der Waals surface area contributed by atoms with Crippen molar-refractivity contribution in [3.8, 4) is 5.75 Å². The number of imidazole rings is 1. The zero-order valence-corrected chi connectivity index (χ0v) is 17.3. The van der Waals surface area contributed by atoms with E-state index in [1.807, 2.05) is 29.9 Å². The van der Waals surface area contributed by atoms with Crippen LogP contribution in [0, 0.1) is 20.8 Å². The molecule has 0 spiro atoms. The first-order valence-electron chi connectivity index (χ1n) is 9.50. The van der Waals surface area contributed by atoms with Gasteiger partial charge in [-0.25, -0.2) is 4.98 Å². The first-order chi connectivity index (χ1) is 13.0. The molecule has 0 atom stereocenters. The minimum atomic E-state index is 0.547. The number of aryl methyl sites for hydroxylation is 3. The molecule has 0 radical (unpaired) electrons. The Morgan fingerprint density at radius 1 is 1.07 bits per heavy atom. The van der Waals surface area contributed by atoms with Gasteiger partial charge in [0.25, 0.3) is 0 Å². The van der Waals surface area contributed by atoms with Gasteiger partial charge in [0.2, 0.25) is 0 Å². The Labute approximate surface area is 166 Å². The van der Waals surface area contributed by atoms with E-state index in [0.29, 0.717) is 18.2 Å². The predicted octanol–water partition coefficient (Wildman–Crippen LogP) is 5.47. The van der Waals surface area contributed by atoms with Crippen LogP contribution in [-0.4, -0.2) is 22.9 Å². The van der Waals surface area contributed by atoms with Crippen molar-refractivity contribution < 1.29 is 9.57 Å². The summed E-state index contributed by atoms with van der Waals surface area (Å²) in [7, 11) is 0. The van der Waals surface area contributed by atoms with Crippen molar-refractivity contribution in [2.24, 2.45) is 0 Å². The Morgan fingerprint density at radius 2 is 1.89 bits per heavy atom. The summed E-state index contributed by atoms with van der Waals surface area (Å²) >= 11 is 6.34. The lowest BCUT2D eigenvalue weighted by molar-refractivity contribution is 0.117. The first-order valence-corrected chi connectivity index (χ1v) is 9.88. The molecule has 0 aliphatic carbocycles. The van der Waals surface area contributed by atoms with Crippen LogP contribution in [0.1, 0.15) is 42.3 Å². The SMILES string of the molecule is CCCCOc1ccc(CCOn2c(C)nc3c(C)cc(C)cc32)cc1Cl. The van der Waals surface area contributed by atoms with E-state index in [-0.39, 0.29) is 0 Å². The number of fused-ring (bicyclic) bond motifs is 1. The van der Waals surface area contributed by atoms with Gasteiger partial charge < -0.3 is 9.57 Å². The monoisotopic (exact) mass is 386 g/mol. The lowest BCUT2D eigenvalue weighted by Gasteiger charge is -2.11. The molecule has 3 aromatic rings. The number of ether oxygens (including phenoxy) is 1. The molecule has 0 aliphatic heterocycles. The Balaban J connectivity index is 1.66. The van der Waals surface area contributed by atoms with Gasteiger partial charge >= 0.3 is 0 Å². The maximum absolute atomic E-state index is 6.34. The van der Waals surface area contributed by atoms with Crippen LogP contribution in [-0.2, 0) is 6.42 Å². The number of benzene rings is 2. The molecule has 1 heterocycles. The second kappa shape index (κ2) is 8.66. The van der Waals surface area contributed by atoms with Crippen molar-refractivity contribution in [2.45, 2.75) is 47.0 Å². The summed E-state index contributed by atoms with van der Waals surface area (Å²) in [6.45, 7) is 9.52. The van der Waals surface area contributed by atoms with Gasteiger partial charge in [-0.2, -0.15) is 4.73 Å². The average molecular weight is 387 g/mol. The van der Waals surface area contributed by atoms with Crippen LogP contribution in [0.3, 0.4) is 0 Å². The third-order valence-electron chi connectivity index (χ3n) is 4.57. The van der Waals surface area contributed by atoms with Crippen molar-refractivity contribution >= 4 is 22.6 Å². The van der Waals surface area contributed by atoms with E-state index < -0.39 is 0 Å². The predicted molar refractivity (Wildman–Crippen MR) is 111 cm³/mol. The molecule has 0 bridgehead atoms. The van der Waals surface area contributed by atoms with Crippen LogP contribution in [0.4, 0.5) is 0 Å². The molecular weight excluding hydrogens is 360 g/mol. The molecule has 0 unspecified atom stereocenters. The number of halogens is 1. The van der Waals surface area contributed by atoms with Gasteiger partial charge in [-0.1, -0.05) is 37.1 Å². The summed E-state index contributed by atoms with van der Waals surface area (Å²) in [6.07, 6.45) is 2.90. The minimum Gasteiger partial charge on any atom is -0.492 e. The molecule has 0 N–H and O–H groups in total. The van der Waals surface area contributed by atoms with Crippen LogP contribution in [0.25, 0.3) is 11.0 Å². The second-order valence-electron chi connectivity index (χ2n) is 6.95. The summed E-state index contributed by atoms with van der Waals surface area (Å²) in [5.41, 5.74) is 5.51. The van der Waals surface area contributed by atoms with Crippen LogP contribution in [0.15, 0.2) is 30.3 Å². The molecule has 4 nitrogen and oxygen atoms in total. The fourth-order valence-electron chi connectivity index (χ4n) is 3.18. The van der Waals surface area contributed by atoms with Crippen molar-refractivity contribution in [1.29, 1.82) is 0 Å². The average Bonchev–Trinajstić information content (AvgIpc) is 2.93. The fourth-order valence-corrected chi connectivity index (χ4v) is 3.44. The van der Waals surface area contributed by atoms with Gasteiger partial charge in [0.1, 0.15) is 23.7 Å². The summed E-state index contributed by atoms with van der Waals surface area (Å²) in [6, 6.07) is 10.2. The van der Waals surface area contributed by atoms with E-state index in [9.17, 15) is 0 Å². The topological polar surface area (TPSA) is 36.3 Å². The lowest BCUT2D eigenvalue weighted by atomic mass is 10.1. The normalized spacial score (nSPS) is 11.1. The van der Waals surface area contributed by atoms with Gasteiger partial charge in [0, 0.05) is 6.42 Å². The standard InChI is InChI=1S/C22H27ClN2O2/c1-5-6-10-26-21-8-7-18(14-19(21)23)9-11-27-25-17(4)24-22-16(3)12-15(2)13-20(22)25/h7-8,12-14H,5-6,9-11H2,1-4H3. The third-order valence-corrected chi connectivity index (χ3v) is 4.87. The molecule has 5 heteroatoms. The molecule has 27 heavy (non-hydrogen) atoms. The highest BCUT2D eigenvalue weighted by molar-refractivity contribution is 6.32. The molecule has 2 aromatic carbocycles. The number of nitrogens with zero attached hydrogens (tertiary/aromatic N) is 2. The molecule has 0 amide bonds. The molecule has 0 aliphatic rings. The molecule has 144 valence electrons. The Morgan fingerprint density at radius 3 is 2.63 bits per heavy atom. The highest BCUT2D eigenvalue weighted by Gasteiger charge is 2.11. The van der Waals surface area contributed by atoms with E-state index in [4.69, 9.17) is 21.2 Å². The molecular formula is C22H27ClN2O2.